The second-order valence-electron chi connectivity index (χ2n) is 4.79. The Morgan fingerprint density at radius 1 is 1.33 bits per heavy atom. The van der Waals surface area contributed by atoms with Crippen LogP contribution in [0.5, 0.6) is 0 Å². The molecule has 0 aromatic heterocycles. The van der Waals surface area contributed by atoms with Crippen molar-refractivity contribution in [2.24, 2.45) is 11.7 Å². The maximum Gasteiger partial charge on any atom is 0.149 e. The summed E-state index contributed by atoms with van der Waals surface area (Å²) in [5.41, 5.74) is 6.85. The van der Waals surface area contributed by atoms with E-state index in [1.165, 1.54) is 0 Å². The Morgan fingerprint density at radius 2 is 2.00 bits per heavy atom. The van der Waals surface area contributed by atoms with Crippen LogP contribution in [0.1, 0.15) is 32.3 Å². The van der Waals surface area contributed by atoms with Gasteiger partial charge in [-0.2, -0.15) is 0 Å². The molecule has 0 aliphatic rings. The standard InChI is InChI=1S/C15H23NO2/c1-3-14(16)15(17)9-12(2)10-18-11-13-7-5-4-6-8-13/h4-8,12,14H,3,9-11,16H2,1-2H3. The molecule has 0 saturated carbocycles. The van der Waals surface area contributed by atoms with Gasteiger partial charge in [0.1, 0.15) is 5.78 Å². The van der Waals surface area contributed by atoms with Gasteiger partial charge in [0.25, 0.3) is 0 Å². The first kappa shape index (κ1) is 14.9. The fraction of sp³-hybridized carbons (Fsp3) is 0.533. The normalized spacial score (nSPS) is 14.2. The van der Waals surface area contributed by atoms with Crippen molar-refractivity contribution in [3.8, 4) is 0 Å². The van der Waals surface area contributed by atoms with Crippen LogP contribution in [0.4, 0.5) is 0 Å². The van der Waals surface area contributed by atoms with Gasteiger partial charge in [-0.25, -0.2) is 0 Å². The highest BCUT2D eigenvalue weighted by Gasteiger charge is 2.14. The third-order valence-corrected chi connectivity index (χ3v) is 2.92. The van der Waals surface area contributed by atoms with Gasteiger partial charge in [0.15, 0.2) is 0 Å². The first-order valence-corrected chi connectivity index (χ1v) is 6.53. The molecule has 0 heterocycles. The highest BCUT2D eigenvalue weighted by atomic mass is 16.5. The van der Waals surface area contributed by atoms with E-state index >= 15 is 0 Å². The van der Waals surface area contributed by atoms with E-state index in [-0.39, 0.29) is 17.7 Å². The molecule has 2 N–H and O–H groups in total. The van der Waals surface area contributed by atoms with Gasteiger partial charge in [0.2, 0.25) is 0 Å². The minimum atomic E-state index is -0.318. The lowest BCUT2D eigenvalue weighted by Crippen LogP contribution is -2.31. The summed E-state index contributed by atoms with van der Waals surface area (Å²) >= 11 is 0. The van der Waals surface area contributed by atoms with Crippen molar-refractivity contribution >= 4 is 5.78 Å². The van der Waals surface area contributed by atoms with Gasteiger partial charge in [-0.1, -0.05) is 44.2 Å². The minimum Gasteiger partial charge on any atom is -0.376 e. The Hall–Kier alpha value is -1.19. The van der Waals surface area contributed by atoms with E-state index < -0.39 is 0 Å². The fourth-order valence-electron chi connectivity index (χ4n) is 1.73. The van der Waals surface area contributed by atoms with Gasteiger partial charge >= 0.3 is 0 Å². The Labute approximate surface area is 109 Å². The van der Waals surface area contributed by atoms with Gasteiger partial charge in [0.05, 0.1) is 12.6 Å². The molecule has 1 aromatic rings. The van der Waals surface area contributed by atoms with E-state index in [0.717, 1.165) is 5.56 Å². The molecule has 0 fully saturated rings. The summed E-state index contributed by atoms with van der Waals surface area (Å²) in [6.45, 7) is 5.14. The Kier molecular flexibility index (Phi) is 6.61. The smallest absolute Gasteiger partial charge is 0.149 e. The molecule has 18 heavy (non-hydrogen) atoms. The molecule has 1 rings (SSSR count). The minimum absolute atomic E-state index is 0.133. The number of benzene rings is 1. The Morgan fingerprint density at radius 3 is 2.61 bits per heavy atom. The molecule has 0 amide bonds. The lowest BCUT2D eigenvalue weighted by atomic mass is 10.00. The Bertz CT molecular complexity index is 351. The molecule has 100 valence electrons. The van der Waals surface area contributed by atoms with Gasteiger partial charge in [-0.05, 0) is 17.9 Å². The van der Waals surface area contributed by atoms with E-state index in [1.54, 1.807) is 0 Å². The molecule has 0 radical (unpaired) electrons. The van der Waals surface area contributed by atoms with Gasteiger partial charge in [-0.3, -0.25) is 4.79 Å². The van der Waals surface area contributed by atoms with Crippen LogP contribution in [0.2, 0.25) is 0 Å². The van der Waals surface area contributed by atoms with Crippen LogP contribution >= 0.6 is 0 Å². The third-order valence-electron chi connectivity index (χ3n) is 2.92. The Balaban J connectivity index is 2.21. The summed E-state index contributed by atoms with van der Waals surface area (Å²) in [4.78, 5) is 11.6. The van der Waals surface area contributed by atoms with Crippen LogP contribution in [0.3, 0.4) is 0 Å². The van der Waals surface area contributed by atoms with Crippen molar-refractivity contribution in [3.05, 3.63) is 35.9 Å². The number of Topliss-reactive ketones (excluding diaryl/α,β-unsaturated/α-hetero) is 1. The molecule has 2 unspecified atom stereocenters. The first-order valence-electron chi connectivity index (χ1n) is 6.53. The van der Waals surface area contributed by atoms with Crippen LogP contribution in [-0.2, 0) is 16.1 Å². The van der Waals surface area contributed by atoms with Gasteiger partial charge in [-0.15, -0.1) is 0 Å². The van der Waals surface area contributed by atoms with Crippen molar-refractivity contribution in [2.45, 2.75) is 39.3 Å². The van der Waals surface area contributed by atoms with Crippen LogP contribution < -0.4 is 5.73 Å². The molecular formula is C15H23NO2. The second kappa shape index (κ2) is 8.01. The van der Waals surface area contributed by atoms with E-state index in [4.69, 9.17) is 10.5 Å². The highest BCUT2D eigenvalue weighted by molar-refractivity contribution is 5.83. The van der Waals surface area contributed by atoms with Crippen LogP contribution in [-0.4, -0.2) is 18.4 Å². The summed E-state index contributed by atoms with van der Waals surface area (Å²) in [5, 5.41) is 0. The third kappa shape index (κ3) is 5.43. The average molecular weight is 249 g/mol. The summed E-state index contributed by atoms with van der Waals surface area (Å²) in [6.07, 6.45) is 1.21. The van der Waals surface area contributed by atoms with Gasteiger partial charge in [0, 0.05) is 13.0 Å². The predicted octanol–water partition coefficient (Wildman–Crippen LogP) is 2.54. The first-order chi connectivity index (χ1) is 8.63. The SMILES string of the molecule is CCC(N)C(=O)CC(C)COCc1ccccc1. The predicted molar refractivity (Wildman–Crippen MR) is 73.2 cm³/mol. The zero-order chi connectivity index (χ0) is 13.4. The second-order valence-corrected chi connectivity index (χ2v) is 4.79. The summed E-state index contributed by atoms with van der Waals surface area (Å²) in [6, 6.07) is 9.71. The number of carbonyl (C=O) groups excluding carboxylic acids is 1. The van der Waals surface area contributed by atoms with E-state index in [2.05, 4.69) is 0 Å². The molecule has 3 heteroatoms. The van der Waals surface area contributed by atoms with Gasteiger partial charge < -0.3 is 10.5 Å². The van der Waals surface area contributed by atoms with Crippen molar-refractivity contribution in [1.82, 2.24) is 0 Å². The fourth-order valence-corrected chi connectivity index (χ4v) is 1.73. The zero-order valence-electron chi connectivity index (χ0n) is 11.3. The molecular weight excluding hydrogens is 226 g/mol. The van der Waals surface area contributed by atoms with Crippen molar-refractivity contribution < 1.29 is 9.53 Å². The number of hydrogen-bond donors (Lipinski definition) is 1. The largest absolute Gasteiger partial charge is 0.376 e. The molecule has 0 saturated heterocycles. The lowest BCUT2D eigenvalue weighted by molar-refractivity contribution is -0.121. The number of ether oxygens (including phenoxy) is 1. The number of carbonyl (C=O) groups is 1. The van der Waals surface area contributed by atoms with E-state index in [9.17, 15) is 4.79 Å². The average Bonchev–Trinajstić information content (AvgIpc) is 2.38. The number of hydrogen-bond acceptors (Lipinski definition) is 3. The molecule has 0 aliphatic heterocycles. The molecule has 0 aliphatic carbocycles. The maximum absolute atomic E-state index is 11.6. The lowest BCUT2D eigenvalue weighted by Gasteiger charge is -2.14. The molecule has 2 atom stereocenters. The summed E-state index contributed by atoms with van der Waals surface area (Å²) in [5.74, 6) is 0.354. The summed E-state index contributed by atoms with van der Waals surface area (Å²) in [7, 11) is 0. The van der Waals surface area contributed by atoms with E-state index in [0.29, 0.717) is 26.1 Å². The van der Waals surface area contributed by atoms with Crippen LogP contribution in [0, 0.1) is 5.92 Å². The highest BCUT2D eigenvalue weighted by Crippen LogP contribution is 2.08. The van der Waals surface area contributed by atoms with E-state index in [1.807, 2.05) is 44.2 Å². The monoisotopic (exact) mass is 249 g/mol. The van der Waals surface area contributed by atoms with Crippen LogP contribution in [0.25, 0.3) is 0 Å². The molecule has 1 aromatic carbocycles. The quantitative estimate of drug-likeness (QED) is 0.770. The molecule has 3 nitrogen and oxygen atoms in total. The molecule has 0 spiro atoms. The zero-order valence-corrected chi connectivity index (χ0v) is 11.3. The van der Waals surface area contributed by atoms with Crippen molar-refractivity contribution in [2.75, 3.05) is 6.61 Å². The number of rotatable bonds is 8. The van der Waals surface area contributed by atoms with Crippen molar-refractivity contribution in [1.29, 1.82) is 0 Å². The number of nitrogens with two attached hydrogens (primary N) is 1. The van der Waals surface area contributed by atoms with Crippen LogP contribution in [0.15, 0.2) is 30.3 Å². The number of ketones is 1. The topological polar surface area (TPSA) is 52.3 Å². The molecule has 0 bridgehead atoms. The van der Waals surface area contributed by atoms with Crippen molar-refractivity contribution in [3.63, 3.8) is 0 Å². The maximum atomic E-state index is 11.6. The summed E-state index contributed by atoms with van der Waals surface area (Å²) < 4.78 is 5.60.